The van der Waals surface area contributed by atoms with Crippen LogP contribution >= 0.6 is 15.9 Å². The van der Waals surface area contributed by atoms with Gasteiger partial charge in [0.05, 0.1) is 4.47 Å². The maximum atomic E-state index is 10.5. The normalized spacial score (nSPS) is 10.9. The van der Waals surface area contributed by atoms with E-state index in [1.54, 1.807) is 6.07 Å². The van der Waals surface area contributed by atoms with E-state index in [0.717, 1.165) is 23.1 Å². The molecule has 0 aliphatic rings. The second-order valence-corrected chi connectivity index (χ2v) is 4.36. The molecule has 0 saturated carbocycles. The summed E-state index contributed by atoms with van der Waals surface area (Å²) >= 11 is 3.40. The molecule has 0 spiro atoms. The van der Waals surface area contributed by atoms with E-state index < -0.39 is 5.97 Å². The van der Waals surface area contributed by atoms with Gasteiger partial charge in [-0.2, -0.15) is 0 Å². The summed E-state index contributed by atoms with van der Waals surface area (Å²) in [7, 11) is 0. The largest absolute Gasteiger partial charge is 0.481 e. The second kappa shape index (κ2) is 5.35. The predicted molar refractivity (Wildman–Crippen MR) is 61.1 cm³/mol. The Morgan fingerprint density at radius 2 is 2.13 bits per heavy atom. The molecule has 4 heteroatoms. The predicted octanol–water partition coefficient (Wildman–Crippen LogP) is 3.57. The number of aliphatic carboxylic acids is 1. The smallest absolute Gasteiger partial charge is 0.311 e. The van der Waals surface area contributed by atoms with Gasteiger partial charge in [0.2, 0.25) is 0 Å². The van der Waals surface area contributed by atoms with Crippen molar-refractivity contribution in [2.24, 2.45) is 0 Å². The molecule has 1 N–H and O–H groups in total. The van der Waals surface area contributed by atoms with E-state index in [-0.39, 0.29) is 6.42 Å². The summed E-state index contributed by atoms with van der Waals surface area (Å²) in [4.78, 5) is 10.5. The third kappa shape index (κ3) is 3.09. The molecule has 0 bridgehead atoms. The first-order valence-corrected chi connectivity index (χ1v) is 5.87. The summed E-state index contributed by atoms with van der Waals surface area (Å²) in [6.45, 7) is 4.19. The molecule has 0 fully saturated rings. The van der Waals surface area contributed by atoms with Crippen molar-refractivity contribution in [3.05, 3.63) is 22.1 Å². The maximum Gasteiger partial charge on any atom is 0.311 e. The van der Waals surface area contributed by atoms with Crippen molar-refractivity contribution in [1.29, 1.82) is 0 Å². The molecule has 0 unspecified atom stereocenters. The number of furan rings is 1. The highest BCUT2D eigenvalue weighted by atomic mass is 79.9. The Kier molecular flexibility index (Phi) is 4.39. The fourth-order valence-electron chi connectivity index (χ4n) is 1.61. The van der Waals surface area contributed by atoms with Crippen LogP contribution in [0.2, 0.25) is 0 Å². The molecule has 15 heavy (non-hydrogen) atoms. The molecule has 0 aliphatic carbocycles. The van der Waals surface area contributed by atoms with E-state index in [9.17, 15) is 4.79 Å². The molecular weight excluding hydrogens is 260 g/mol. The van der Waals surface area contributed by atoms with Gasteiger partial charge in [-0.1, -0.05) is 13.8 Å². The molecule has 3 nitrogen and oxygen atoms in total. The minimum absolute atomic E-state index is 0.0568. The highest BCUT2D eigenvalue weighted by Gasteiger charge is 2.17. The summed E-state index contributed by atoms with van der Waals surface area (Å²) in [5, 5.41) is 8.64. The van der Waals surface area contributed by atoms with Gasteiger partial charge in [0, 0.05) is 5.92 Å². The Labute approximate surface area is 97.6 Å². The Morgan fingerprint density at radius 1 is 1.53 bits per heavy atom. The quantitative estimate of drug-likeness (QED) is 0.893. The minimum Gasteiger partial charge on any atom is -0.481 e. The minimum atomic E-state index is -0.868. The fourth-order valence-corrected chi connectivity index (χ4v) is 2.27. The lowest BCUT2D eigenvalue weighted by atomic mass is 10.0. The lowest BCUT2D eigenvalue weighted by molar-refractivity contribution is -0.136. The molecule has 1 aromatic rings. The number of halogens is 1. The van der Waals surface area contributed by atoms with E-state index >= 15 is 0 Å². The van der Waals surface area contributed by atoms with E-state index in [1.165, 1.54) is 0 Å². The first kappa shape index (κ1) is 12.3. The fraction of sp³-hybridized carbons (Fsp3) is 0.545. The summed E-state index contributed by atoms with van der Waals surface area (Å²) in [5.74, 6) is 0.877. The summed E-state index contributed by atoms with van der Waals surface area (Å²) in [6, 6.07) is 1.75. The topological polar surface area (TPSA) is 50.4 Å². The molecule has 0 aliphatic heterocycles. The number of hydrogen-bond donors (Lipinski definition) is 1. The van der Waals surface area contributed by atoms with Crippen molar-refractivity contribution >= 4 is 21.9 Å². The van der Waals surface area contributed by atoms with Crippen LogP contribution in [0.15, 0.2) is 15.0 Å². The molecule has 1 aromatic heterocycles. The second-order valence-electron chi connectivity index (χ2n) is 3.51. The van der Waals surface area contributed by atoms with Crippen molar-refractivity contribution in [2.75, 3.05) is 0 Å². The van der Waals surface area contributed by atoms with Gasteiger partial charge in [-0.3, -0.25) is 4.79 Å². The van der Waals surface area contributed by atoms with Gasteiger partial charge in [0.1, 0.15) is 17.9 Å². The zero-order chi connectivity index (χ0) is 11.4. The van der Waals surface area contributed by atoms with Crippen LogP contribution in [0.25, 0.3) is 0 Å². The number of hydrogen-bond acceptors (Lipinski definition) is 2. The van der Waals surface area contributed by atoms with Crippen LogP contribution < -0.4 is 0 Å². The zero-order valence-corrected chi connectivity index (χ0v) is 10.5. The first-order chi connectivity index (χ1) is 7.08. The van der Waals surface area contributed by atoms with Crippen LogP contribution in [0, 0.1) is 0 Å². The van der Waals surface area contributed by atoms with Crippen LogP contribution in [0.1, 0.15) is 44.1 Å². The highest BCUT2D eigenvalue weighted by Crippen LogP contribution is 2.32. The Morgan fingerprint density at radius 3 is 2.60 bits per heavy atom. The number of carboxylic acids is 1. The molecule has 1 heterocycles. The monoisotopic (exact) mass is 274 g/mol. The standard InChI is InChI=1S/C11H15BrO3/c1-3-7(4-2)11-9(12)5-8(15-11)6-10(13)14/h5,7H,3-4,6H2,1-2H3,(H,13,14). The first-order valence-electron chi connectivity index (χ1n) is 5.08. The molecule has 0 atom stereocenters. The summed E-state index contributed by atoms with van der Waals surface area (Å²) in [6.07, 6.45) is 1.93. The van der Waals surface area contributed by atoms with E-state index in [2.05, 4.69) is 29.8 Å². The Bertz CT molecular complexity index is 340. The lowest BCUT2D eigenvalue weighted by Crippen LogP contribution is -1.98. The number of carbonyl (C=O) groups is 1. The molecule has 0 amide bonds. The number of carboxylic acid groups (broad SMARTS) is 1. The van der Waals surface area contributed by atoms with Gasteiger partial charge >= 0.3 is 5.97 Å². The van der Waals surface area contributed by atoms with E-state index in [0.29, 0.717) is 11.7 Å². The van der Waals surface area contributed by atoms with Crippen molar-refractivity contribution in [3.63, 3.8) is 0 Å². The third-order valence-corrected chi connectivity index (χ3v) is 3.07. The summed E-state index contributed by atoms with van der Waals surface area (Å²) in [5.41, 5.74) is 0. The third-order valence-electron chi connectivity index (χ3n) is 2.45. The highest BCUT2D eigenvalue weighted by molar-refractivity contribution is 9.10. The van der Waals surface area contributed by atoms with Gasteiger partial charge in [-0.15, -0.1) is 0 Å². The van der Waals surface area contributed by atoms with Crippen molar-refractivity contribution < 1.29 is 14.3 Å². The number of rotatable bonds is 5. The summed E-state index contributed by atoms with van der Waals surface area (Å²) < 4.78 is 6.42. The van der Waals surface area contributed by atoms with Crippen molar-refractivity contribution in [3.8, 4) is 0 Å². The molecule has 84 valence electrons. The van der Waals surface area contributed by atoms with Crippen LogP contribution in [-0.4, -0.2) is 11.1 Å². The van der Waals surface area contributed by atoms with Crippen LogP contribution in [-0.2, 0) is 11.2 Å². The molecule has 0 radical (unpaired) electrons. The Hall–Kier alpha value is -0.770. The average Bonchev–Trinajstić information content (AvgIpc) is 2.48. The maximum absolute atomic E-state index is 10.5. The molecule has 1 rings (SSSR count). The van der Waals surface area contributed by atoms with Gasteiger partial charge in [0.25, 0.3) is 0 Å². The average molecular weight is 275 g/mol. The molecule has 0 aromatic carbocycles. The van der Waals surface area contributed by atoms with Crippen molar-refractivity contribution in [1.82, 2.24) is 0 Å². The van der Waals surface area contributed by atoms with Crippen LogP contribution in [0.5, 0.6) is 0 Å². The van der Waals surface area contributed by atoms with Gasteiger partial charge in [-0.25, -0.2) is 0 Å². The van der Waals surface area contributed by atoms with E-state index in [4.69, 9.17) is 9.52 Å². The van der Waals surface area contributed by atoms with Gasteiger partial charge in [0.15, 0.2) is 0 Å². The van der Waals surface area contributed by atoms with Crippen LogP contribution in [0.4, 0.5) is 0 Å². The van der Waals surface area contributed by atoms with Crippen LogP contribution in [0.3, 0.4) is 0 Å². The Balaban J connectivity index is 2.89. The SMILES string of the molecule is CCC(CC)c1oc(CC(=O)O)cc1Br. The lowest BCUT2D eigenvalue weighted by Gasteiger charge is -2.09. The van der Waals surface area contributed by atoms with E-state index in [1.807, 2.05) is 0 Å². The van der Waals surface area contributed by atoms with Gasteiger partial charge < -0.3 is 9.52 Å². The van der Waals surface area contributed by atoms with Crippen molar-refractivity contribution in [2.45, 2.75) is 39.0 Å². The molecule has 0 saturated heterocycles. The molecular formula is C11H15BrO3. The zero-order valence-electron chi connectivity index (χ0n) is 8.92. The van der Waals surface area contributed by atoms with Gasteiger partial charge in [-0.05, 0) is 34.8 Å².